The molecule has 5 nitrogen and oxygen atoms in total. The molecule has 0 saturated heterocycles. The molecule has 2 rings (SSSR count). The number of imidazole rings is 1. The fourth-order valence-electron chi connectivity index (χ4n) is 1.10. The number of rotatable bonds is 0. The van der Waals surface area contributed by atoms with Gasteiger partial charge in [0.15, 0.2) is 11.6 Å². The van der Waals surface area contributed by atoms with E-state index in [1.54, 1.807) is 6.20 Å². The molecule has 0 amide bonds. The van der Waals surface area contributed by atoms with Crippen LogP contribution in [0.4, 0.5) is 5.95 Å². The lowest BCUT2D eigenvalue weighted by atomic mass is 10.2. The summed E-state index contributed by atoms with van der Waals surface area (Å²) < 4.78 is 0. The summed E-state index contributed by atoms with van der Waals surface area (Å²) in [6.45, 7) is 4.02. The van der Waals surface area contributed by atoms with Gasteiger partial charge in [0.25, 0.3) is 0 Å². The van der Waals surface area contributed by atoms with E-state index in [-0.39, 0.29) is 0 Å². The van der Waals surface area contributed by atoms with E-state index in [2.05, 4.69) is 31.8 Å². The number of anilines is 1. The Morgan fingerprint density at radius 1 is 1.40 bits per heavy atom. The second-order valence-electron chi connectivity index (χ2n) is 3.48. The van der Waals surface area contributed by atoms with Crippen LogP contribution in [-0.4, -0.2) is 19.9 Å². The molecular weight excluding hydrogens is 190 g/mol. The van der Waals surface area contributed by atoms with Crippen LogP contribution in [0.5, 0.6) is 0 Å². The summed E-state index contributed by atoms with van der Waals surface area (Å²) >= 11 is 0. The third kappa shape index (κ3) is 2.05. The predicted octanol–water partition coefficient (Wildman–Crippen LogP) is 0.943. The van der Waals surface area contributed by atoms with Gasteiger partial charge in [-0.05, 0) is 5.92 Å². The molecule has 0 saturated carbocycles. The Morgan fingerprint density at radius 3 is 2.93 bits per heavy atom. The zero-order valence-corrected chi connectivity index (χ0v) is 8.57. The number of hydrogen-bond donors (Lipinski definition) is 2. The summed E-state index contributed by atoms with van der Waals surface area (Å²) in [6, 6.07) is 0. The van der Waals surface area contributed by atoms with Crippen LogP contribution in [0.15, 0.2) is 6.20 Å². The Balaban J connectivity index is 2.43. The largest absolute Gasteiger partial charge is 0.369 e. The first-order chi connectivity index (χ1) is 7.15. The van der Waals surface area contributed by atoms with Gasteiger partial charge in [0.2, 0.25) is 5.82 Å². The predicted molar refractivity (Wildman–Crippen MR) is 57.8 cm³/mol. The summed E-state index contributed by atoms with van der Waals surface area (Å²) in [5.41, 5.74) is 6.77. The number of nitrogens with zero attached hydrogens (tertiary/aromatic N) is 3. The van der Waals surface area contributed by atoms with Gasteiger partial charge < -0.3 is 10.7 Å². The lowest BCUT2D eigenvalue weighted by Gasteiger charge is -1.90. The van der Waals surface area contributed by atoms with Gasteiger partial charge in [-0.25, -0.2) is 4.98 Å². The van der Waals surface area contributed by atoms with Crippen molar-refractivity contribution in [2.24, 2.45) is 5.92 Å². The van der Waals surface area contributed by atoms with E-state index in [9.17, 15) is 0 Å². The van der Waals surface area contributed by atoms with Crippen LogP contribution in [0.2, 0.25) is 0 Å². The Labute approximate surface area is 87.1 Å². The third-order valence-electron chi connectivity index (χ3n) is 1.73. The molecule has 5 heteroatoms. The smallest absolute Gasteiger partial charge is 0.207 e. The highest BCUT2D eigenvalue weighted by Crippen LogP contribution is 2.07. The molecule has 0 aliphatic carbocycles. The first kappa shape index (κ1) is 9.46. The van der Waals surface area contributed by atoms with E-state index >= 15 is 0 Å². The van der Waals surface area contributed by atoms with Crippen molar-refractivity contribution in [1.82, 2.24) is 19.9 Å². The molecule has 0 fully saturated rings. The van der Waals surface area contributed by atoms with E-state index in [1.165, 1.54) is 0 Å². The van der Waals surface area contributed by atoms with Gasteiger partial charge in [-0.15, -0.1) is 0 Å². The van der Waals surface area contributed by atoms with Crippen molar-refractivity contribution in [3.63, 3.8) is 0 Å². The van der Waals surface area contributed by atoms with Gasteiger partial charge in [0.05, 0.1) is 6.20 Å². The van der Waals surface area contributed by atoms with Gasteiger partial charge >= 0.3 is 0 Å². The highest BCUT2D eigenvalue weighted by molar-refractivity contribution is 5.71. The van der Waals surface area contributed by atoms with E-state index in [0.717, 1.165) is 5.52 Å². The lowest BCUT2D eigenvalue weighted by Crippen LogP contribution is -1.89. The first-order valence-electron chi connectivity index (χ1n) is 4.65. The van der Waals surface area contributed by atoms with Crippen LogP contribution in [0.3, 0.4) is 0 Å². The highest BCUT2D eigenvalue weighted by Gasteiger charge is 2.02. The minimum Gasteiger partial charge on any atom is -0.369 e. The van der Waals surface area contributed by atoms with Crippen molar-refractivity contribution in [2.75, 3.05) is 5.73 Å². The summed E-state index contributed by atoms with van der Waals surface area (Å²) in [5, 5.41) is 0. The molecule has 0 aliphatic rings. The standard InChI is InChI=1S/C10H11N5/c1-6(2)3-4-8-12-5-7-9(14-8)15-10(11)13-7/h5-6H,1-2H3,(H3,11,12,13,14,15). The molecule has 0 spiro atoms. The maximum Gasteiger partial charge on any atom is 0.207 e. The van der Waals surface area contributed by atoms with E-state index < -0.39 is 0 Å². The average molecular weight is 201 g/mol. The zero-order chi connectivity index (χ0) is 10.8. The van der Waals surface area contributed by atoms with Crippen molar-refractivity contribution in [3.8, 4) is 11.8 Å². The molecule has 0 bridgehead atoms. The summed E-state index contributed by atoms with van der Waals surface area (Å²) in [4.78, 5) is 15.1. The molecule has 2 aromatic heterocycles. The Kier molecular flexibility index (Phi) is 2.26. The van der Waals surface area contributed by atoms with Crippen molar-refractivity contribution in [1.29, 1.82) is 0 Å². The highest BCUT2D eigenvalue weighted by atomic mass is 15.1. The number of aromatic amines is 1. The number of fused-ring (bicyclic) bond motifs is 1. The van der Waals surface area contributed by atoms with Crippen molar-refractivity contribution < 1.29 is 0 Å². The molecule has 0 aliphatic heterocycles. The Morgan fingerprint density at radius 2 is 2.20 bits per heavy atom. The van der Waals surface area contributed by atoms with E-state index in [0.29, 0.717) is 23.3 Å². The van der Waals surface area contributed by atoms with Crippen molar-refractivity contribution in [2.45, 2.75) is 13.8 Å². The topological polar surface area (TPSA) is 80.5 Å². The maximum atomic E-state index is 5.49. The zero-order valence-electron chi connectivity index (χ0n) is 8.57. The van der Waals surface area contributed by atoms with Crippen LogP contribution < -0.4 is 5.73 Å². The normalized spacial score (nSPS) is 10.3. The second-order valence-corrected chi connectivity index (χ2v) is 3.48. The van der Waals surface area contributed by atoms with Gasteiger partial charge in [-0.2, -0.15) is 9.97 Å². The molecule has 3 N–H and O–H groups in total. The molecule has 0 unspecified atom stereocenters. The average Bonchev–Trinajstić information content (AvgIpc) is 2.53. The third-order valence-corrected chi connectivity index (χ3v) is 1.73. The van der Waals surface area contributed by atoms with E-state index in [4.69, 9.17) is 5.73 Å². The summed E-state index contributed by atoms with van der Waals surface area (Å²) in [5.74, 6) is 6.98. The SMILES string of the molecule is CC(C)C#Cc1ncc2[nH]c(N)nc2n1. The molecule has 2 heterocycles. The molecule has 0 aromatic carbocycles. The fraction of sp³-hybridized carbons (Fsp3) is 0.300. The molecule has 0 radical (unpaired) electrons. The number of nitrogen functional groups attached to an aromatic ring is 1. The monoisotopic (exact) mass is 201 g/mol. The lowest BCUT2D eigenvalue weighted by molar-refractivity contribution is 0.866. The number of aromatic nitrogens is 4. The minimum atomic E-state index is 0.300. The number of hydrogen-bond acceptors (Lipinski definition) is 4. The quantitative estimate of drug-likeness (QED) is 0.622. The van der Waals surface area contributed by atoms with E-state index in [1.807, 2.05) is 13.8 Å². The summed E-state index contributed by atoms with van der Waals surface area (Å²) in [6.07, 6.45) is 1.63. The van der Waals surface area contributed by atoms with Crippen molar-refractivity contribution in [3.05, 3.63) is 12.0 Å². The number of nitrogens with two attached hydrogens (primary N) is 1. The van der Waals surface area contributed by atoms with Gasteiger partial charge in [0, 0.05) is 5.92 Å². The fourth-order valence-corrected chi connectivity index (χ4v) is 1.10. The van der Waals surface area contributed by atoms with Crippen LogP contribution in [0.1, 0.15) is 19.7 Å². The van der Waals surface area contributed by atoms with Crippen LogP contribution in [0, 0.1) is 17.8 Å². The molecule has 76 valence electrons. The van der Waals surface area contributed by atoms with Crippen LogP contribution in [-0.2, 0) is 0 Å². The first-order valence-corrected chi connectivity index (χ1v) is 4.65. The number of H-pyrrole nitrogens is 1. The van der Waals surface area contributed by atoms with Crippen LogP contribution in [0.25, 0.3) is 11.2 Å². The Bertz CT molecular complexity index is 544. The maximum absolute atomic E-state index is 5.49. The van der Waals surface area contributed by atoms with Crippen molar-refractivity contribution >= 4 is 17.1 Å². The molecule has 2 aromatic rings. The van der Waals surface area contributed by atoms with Gasteiger partial charge in [-0.3, -0.25) is 0 Å². The Hall–Kier alpha value is -2.09. The minimum absolute atomic E-state index is 0.300. The molecule has 0 atom stereocenters. The van der Waals surface area contributed by atoms with Gasteiger partial charge in [0.1, 0.15) is 5.52 Å². The van der Waals surface area contributed by atoms with Gasteiger partial charge in [-0.1, -0.05) is 19.8 Å². The summed E-state index contributed by atoms with van der Waals surface area (Å²) in [7, 11) is 0. The second kappa shape index (κ2) is 3.58. The molecule has 15 heavy (non-hydrogen) atoms. The van der Waals surface area contributed by atoms with Crippen LogP contribution >= 0.6 is 0 Å². The molecular formula is C10H11N5. The number of nitrogens with one attached hydrogen (secondary N) is 1.